The number of carbonyl (C=O) groups excluding carboxylic acids is 1. The Bertz CT molecular complexity index is 806. The lowest BCUT2D eigenvalue weighted by atomic mass is 9.94. The highest BCUT2D eigenvalue weighted by atomic mass is 16.5. The van der Waals surface area contributed by atoms with Crippen LogP contribution in [0.15, 0.2) is 24.5 Å². The summed E-state index contributed by atoms with van der Waals surface area (Å²) in [6.45, 7) is 2.87. The first-order valence-electron chi connectivity index (χ1n) is 13.1. The minimum absolute atomic E-state index is 0.000691. The van der Waals surface area contributed by atoms with Gasteiger partial charge in [-0.15, -0.1) is 0 Å². The topological polar surface area (TPSA) is 140 Å². The molecular formula is C26H41N3O8. The molecule has 1 aliphatic heterocycles. The molecule has 11 heteroatoms. The van der Waals surface area contributed by atoms with Crippen molar-refractivity contribution in [2.24, 2.45) is 5.92 Å². The summed E-state index contributed by atoms with van der Waals surface area (Å²) in [6, 6.07) is 3.57. The molecule has 1 amide bonds. The van der Waals surface area contributed by atoms with Crippen molar-refractivity contribution < 1.29 is 38.7 Å². The maximum Gasteiger partial charge on any atom is 0.305 e. The normalized spacial score (nSPS) is 26.3. The highest BCUT2D eigenvalue weighted by Crippen LogP contribution is 2.38. The van der Waals surface area contributed by atoms with E-state index in [0.29, 0.717) is 46.0 Å². The third-order valence-electron chi connectivity index (χ3n) is 6.91. The van der Waals surface area contributed by atoms with Crippen molar-refractivity contribution in [2.45, 2.75) is 63.0 Å². The number of ether oxygens (including phenoxy) is 4. The average molecular weight is 524 g/mol. The largest absolute Gasteiger partial charge is 0.481 e. The quantitative estimate of drug-likeness (QED) is 0.272. The van der Waals surface area contributed by atoms with Crippen LogP contribution >= 0.6 is 0 Å². The van der Waals surface area contributed by atoms with Gasteiger partial charge in [-0.25, -0.2) is 0 Å². The van der Waals surface area contributed by atoms with E-state index in [9.17, 15) is 14.7 Å². The lowest BCUT2D eigenvalue weighted by molar-refractivity contribution is -0.138. The molecule has 37 heavy (non-hydrogen) atoms. The molecule has 3 N–H and O–H groups in total. The molecule has 1 unspecified atom stereocenters. The second kappa shape index (κ2) is 16.0. The number of aliphatic hydroxyl groups is 1. The number of amides is 1. The molecule has 1 saturated heterocycles. The van der Waals surface area contributed by atoms with E-state index in [4.69, 9.17) is 24.1 Å². The van der Waals surface area contributed by atoms with Crippen molar-refractivity contribution in [3.05, 3.63) is 30.1 Å². The van der Waals surface area contributed by atoms with Crippen LogP contribution in [0.5, 0.6) is 0 Å². The minimum Gasteiger partial charge on any atom is -0.481 e. The van der Waals surface area contributed by atoms with Crippen LogP contribution in [-0.4, -0.2) is 104 Å². The third kappa shape index (κ3) is 9.91. The molecular weight excluding hydrogens is 482 g/mol. The fourth-order valence-corrected chi connectivity index (χ4v) is 4.91. The number of carboxylic acid groups (broad SMARTS) is 1. The van der Waals surface area contributed by atoms with E-state index in [0.717, 1.165) is 31.2 Å². The second-order valence-corrected chi connectivity index (χ2v) is 9.52. The van der Waals surface area contributed by atoms with Crippen molar-refractivity contribution in [3.63, 3.8) is 0 Å². The van der Waals surface area contributed by atoms with E-state index in [1.807, 2.05) is 24.1 Å². The number of aliphatic carboxylic acids is 1. The molecule has 2 heterocycles. The number of likely N-dealkylation sites (tertiary alicyclic amines) is 1. The highest BCUT2D eigenvalue weighted by Gasteiger charge is 2.42. The predicted molar refractivity (Wildman–Crippen MR) is 134 cm³/mol. The van der Waals surface area contributed by atoms with Crippen LogP contribution in [0.3, 0.4) is 0 Å². The molecule has 11 nitrogen and oxygen atoms in total. The van der Waals surface area contributed by atoms with E-state index < -0.39 is 12.2 Å². The number of pyridine rings is 1. The molecule has 0 radical (unpaired) electrons. The smallest absolute Gasteiger partial charge is 0.305 e. The molecule has 1 aromatic heterocycles. The van der Waals surface area contributed by atoms with Gasteiger partial charge >= 0.3 is 5.97 Å². The SMILES string of the molecule is CN1C(O)C[C@H](C(=O)NCCOC2CCC(OCCOCCOCCC(=O)O)CC2)[C@H]1c1cccnc1. The van der Waals surface area contributed by atoms with Crippen molar-refractivity contribution in [3.8, 4) is 0 Å². The molecule has 1 saturated carbocycles. The molecule has 2 fully saturated rings. The summed E-state index contributed by atoms with van der Waals surface area (Å²) in [5.41, 5.74) is 0.922. The van der Waals surface area contributed by atoms with E-state index in [2.05, 4.69) is 10.3 Å². The monoisotopic (exact) mass is 523 g/mol. The number of hydrogen-bond acceptors (Lipinski definition) is 9. The van der Waals surface area contributed by atoms with Gasteiger partial charge in [0.1, 0.15) is 6.23 Å². The Morgan fingerprint density at radius 2 is 1.68 bits per heavy atom. The second-order valence-electron chi connectivity index (χ2n) is 9.52. The van der Waals surface area contributed by atoms with Crippen molar-refractivity contribution in [2.75, 3.05) is 53.2 Å². The van der Waals surface area contributed by atoms with E-state index in [1.54, 1.807) is 12.4 Å². The maximum absolute atomic E-state index is 12.9. The summed E-state index contributed by atoms with van der Waals surface area (Å²) in [4.78, 5) is 29.2. The van der Waals surface area contributed by atoms with Gasteiger partial charge in [0.15, 0.2) is 0 Å². The third-order valence-corrected chi connectivity index (χ3v) is 6.91. The van der Waals surface area contributed by atoms with Crippen LogP contribution in [0.25, 0.3) is 0 Å². The van der Waals surface area contributed by atoms with Gasteiger partial charge in [0.25, 0.3) is 0 Å². The van der Waals surface area contributed by atoms with Gasteiger partial charge in [0.05, 0.1) is 70.2 Å². The van der Waals surface area contributed by atoms with Crippen LogP contribution < -0.4 is 5.32 Å². The molecule has 208 valence electrons. The Hall–Kier alpha value is -2.15. The van der Waals surface area contributed by atoms with Crippen molar-refractivity contribution >= 4 is 11.9 Å². The number of carboxylic acids is 1. The molecule has 3 atom stereocenters. The van der Waals surface area contributed by atoms with Crippen LogP contribution in [-0.2, 0) is 28.5 Å². The maximum atomic E-state index is 12.9. The predicted octanol–water partition coefficient (Wildman–Crippen LogP) is 1.36. The first kappa shape index (κ1) is 29.4. The van der Waals surface area contributed by atoms with Crippen molar-refractivity contribution in [1.82, 2.24) is 15.2 Å². The van der Waals surface area contributed by atoms with Gasteiger partial charge in [-0.3, -0.25) is 19.5 Å². The molecule has 0 aromatic carbocycles. The molecule has 3 rings (SSSR count). The first-order chi connectivity index (χ1) is 18.0. The standard InChI is InChI=1S/C26H41N3O8/c1-29-23(30)17-22(25(29)19-3-2-9-27-18-19)26(33)28-10-12-36-20-4-6-21(7-5-20)37-16-15-35-14-13-34-11-8-24(31)32/h2-3,9,18,20-23,25,30H,4-8,10-17H2,1H3,(H,28,33)(H,31,32)/t20?,21?,22-,23?,25+/m0/s1. The molecule has 0 bridgehead atoms. The van der Waals surface area contributed by atoms with Gasteiger partial charge < -0.3 is 34.5 Å². The Balaban J connectivity index is 1.22. The zero-order chi connectivity index (χ0) is 26.5. The van der Waals surface area contributed by atoms with Gasteiger partial charge in [0.2, 0.25) is 5.91 Å². The Morgan fingerprint density at radius 3 is 2.32 bits per heavy atom. The number of aliphatic hydroxyl groups excluding tert-OH is 1. The van der Waals surface area contributed by atoms with Crippen LogP contribution in [0.4, 0.5) is 0 Å². The minimum atomic E-state index is -0.870. The summed E-state index contributed by atoms with van der Waals surface area (Å²) in [6.07, 6.45) is 7.22. The van der Waals surface area contributed by atoms with E-state index in [1.165, 1.54) is 0 Å². The van der Waals surface area contributed by atoms with E-state index in [-0.39, 0.29) is 43.1 Å². The molecule has 2 aliphatic rings. The summed E-state index contributed by atoms with van der Waals surface area (Å²) >= 11 is 0. The van der Waals surface area contributed by atoms with Crippen LogP contribution in [0.2, 0.25) is 0 Å². The summed E-state index contributed by atoms with van der Waals surface area (Å²) < 4.78 is 22.5. The molecule has 1 aliphatic carbocycles. The number of nitrogens with one attached hydrogen (secondary N) is 1. The fourth-order valence-electron chi connectivity index (χ4n) is 4.91. The number of rotatable bonds is 16. The van der Waals surface area contributed by atoms with Gasteiger partial charge in [-0.2, -0.15) is 0 Å². The zero-order valence-electron chi connectivity index (χ0n) is 21.6. The zero-order valence-corrected chi connectivity index (χ0v) is 21.6. The Labute approximate surface area is 218 Å². The fraction of sp³-hybridized carbons (Fsp3) is 0.731. The lowest BCUT2D eigenvalue weighted by Crippen LogP contribution is -2.37. The summed E-state index contributed by atoms with van der Waals surface area (Å²) in [5, 5.41) is 21.8. The van der Waals surface area contributed by atoms with Crippen LogP contribution in [0, 0.1) is 5.92 Å². The van der Waals surface area contributed by atoms with Crippen LogP contribution in [0.1, 0.15) is 50.1 Å². The van der Waals surface area contributed by atoms with Gasteiger partial charge in [-0.1, -0.05) is 6.07 Å². The van der Waals surface area contributed by atoms with Gasteiger partial charge in [0, 0.05) is 25.4 Å². The number of hydrogen-bond donors (Lipinski definition) is 3. The number of nitrogens with zero attached hydrogens (tertiary/aromatic N) is 2. The lowest BCUT2D eigenvalue weighted by Gasteiger charge is -2.29. The molecule has 0 spiro atoms. The molecule has 1 aromatic rings. The van der Waals surface area contributed by atoms with Gasteiger partial charge in [-0.05, 0) is 44.4 Å². The average Bonchev–Trinajstić information content (AvgIpc) is 3.20. The summed E-state index contributed by atoms with van der Waals surface area (Å²) in [5.74, 6) is -1.29. The number of carbonyl (C=O) groups is 2. The number of aromatic nitrogens is 1. The first-order valence-corrected chi connectivity index (χ1v) is 13.1. The van der Waals surface area contributed by atoms with E-state index >= 15 is 0 Å². The summed E-state index contributed by atoms with van der Waals surface area (Å²) in [7, 11) is 1.83. The highest BCUT2D eigenvalue weighted by molar-refractivity contribution is 5.80. The van der Waals surface area contributed by atoms with Crippen molar-refractivity contribution in [1.29, 1.82) is 0 Å². The Morgan fingerprint density at radius 1 is 1.03 bits per heavy atom. The Kier molecular flexibility index (Phi) is 12.7.